The number of fused-ring (bicyclic) bond motifs is 1. The number of hydrogen-bond donors (Lipinski definition) is 1. The SMILES string of the molecule is N#Cc1cccc(CNC(=O)c2cccc(CN3C(=O)c4ccccc4C3=O)c2)c1. The van der Waals surface area contributed by atoms with Crippen LogP contribution in [0.15, 0.2) is 72.8 Å². The fourth-order valence-electron chi connectivity index (χ4n) is 3.41. The molecular weight excluding hydrogens is 378 g/mol. The first-order chi connectivity index (χ1) is 14.6. The zero-order valence-corrected chi connectivity index (χ0v) is 16.0. The quantitative estimate of drug-likeness (QED) is 0.671. The molecule has 6 heteroatoms. The molecule has 1 N–H and O–H groups in total. The summed E-state index contributed by atoms with van der Waals surface area (Å²) in [6.45, 7) is 0.384. The van der Waals surface area contributed by atoms with Gasteiger partial charge in [-0.05, 0) is 47.5 Å². The van der Waals surface area contributed by atoms with E-state index < -0.39 is 0 Å². The van der Waals surface area contributed by atoms with Crippen LogP contribution in [-0.2, 0) is 13.1 Å². The molecule has 1 aliphatic rings. The van der Waals surface area contributed by atoms with E-state index in [2.05, 4.69) is 11.4 Å². The van der Waals surface area contributed by atoms with E-state index in [0.29, 0.717) is 27.8 Å². The molecule has 0 aliphatic carbocycles. The molecule has 0 atom stereocenters. The van der Waals surface area contributed by atoms with E-state index in [4.69, 9.17) is 5.26 Å². The van der Waals surface area contributed by atoms with Crippen molar-refractivity contribution in [2.45, 2.75) is 13.1 Å². The number of carbonyl (C=O) groups excluding carboxylic acids is 3. The third-order valence-corrected chi connectivity index (χ3v) is 4.92. The van der Waals surface area contributed by atoms with Crippen LogP contribution < -0.4 is 5.32 Å². The minimum atomic E-state index is -0.331. The van der Waals surface area contributed by atoms with E-state index in [0.717, 1.165) is 5.56 Å². The molecule has 3 amide bonds. The highest BCUT2D eigenvalue weighted by Crippen LogP contribution is 2.24. The van der Waals surface area contributed by atoms with Crippen molar-refractivity contribution in [2.75, 3.05) is 0 Å². The topological polar surface area (TPSA) is 90.3 Å². The summed E-state index contributed by atoms with van der Waals surface area (Å²) >= 11 is 0. The van der Waals surface area contributed by atoms with Gasteiger partial charge in [-0.3, -0.25) is 19.3 Å². The van der Waals surface area contributed by atoms with Crippen LogP contribution in [0.4, 0.5) is 0 Å². The molecule has 4 rings (SSSR count). The van der Waals surface area contributed by atoms with Gasteiger partial charge in [0.25, 0.3) is 17.7 Å². The van der Waals surface area contributed by atoms with E-state index >= 15 is 0 Å². The summed E-state index contributed by atoms with van der Waals surface area (Å²) in [6, 6.07) is 22.7. The highest BCUT2D eigenvalue weighted by Gasteiger charge is 2.34. The number of nitrogens with zero attached hydrogens (tertiary/aromatic N) is 2. The van der Waals surface area contributed by atoms with Crippen molar-refractivity contribution < 1.29 is 14.4 Å². The highest BCUT2D eigenvalue weighted by molar-refractivity contribution is 6.21. The standard InChI is InChI=1S/C24H17N3O3/c25-13-16-5-3-6-17(11-16)14-26-22(28)19-8-4-7-18(12-19)15-27-23(29)20-9-1-2-10-21(20)24(27)30/h1-12H,14-15H2,(H,26,28). The predicted molar refractivity (Wildman–Crippen MR) is 109 cm³/mol. The maximum absolute atomic E-state index is 12.5. The van der Waals surface area contributed by atoms with Crippen molar-refractivity contribution in [2.24, 2.45) is 0 Å². The zero-order valence-electron chi connectivity index (χ0n) is 16.0. The average Bonchev–Trinajstić information content (AvgIpc) is 3.03. The van der Waals surface area contributed by atoms with Crippen LogP contribution in [0.25, 0.3) is 0 Å². The van der Waals surface area contributed by atoms with Crippen molar-refractivity contribution in [1.29, 1.82) is 5.26 Å². The van der Waals surface area contributed by atoms with Gasteiger partial charge < -0.3 is 5.32 Å². The molecule has 3 aromatic rings. The molecule has 6 nitrogen and oxygen atoms in total. The number of nitrogens with one attached hydrogen (secondary N) is 1. The molecule has 0 saturated carbocycles. The molecule has 0 unspecified atom stereocenters. The molecule has 0 spiro atoms. The molecule has 0 saturated heterocycles. The van der Waals surface area contributed by atoms with Gasteiger partial charge in [0.15, 0.2) is 0 Å². The van der Waals surface area contributed by atoms with Gasteiger partial charge in [-0.2, -0.15) is 5.26 Å². The first kappa shape index (κ1) is 19.1. The minimum Gasteiger partial charge on any atom is -0.348 e. The molecule has 0 fully saturated rings. The molecule has 0 bridgehead atoms. The number of hydrogen-bond acceptors (Lipinski definition) is 4. The lowest BCUT2D eigenvalue weighted by molar-refractivity contribution is 0.0642. The number of carbonyl (C=O) groups is 3. The maximum Gasteiger partial charge on any atom is 0.261 e. The van der Waals surface area contributed by atoms with Crippen LogP contribution in [0.5, 0.6) is 0 Å². The van der Waals surface area contributed by atoms with Crippen molar-refractivity contribution >= 4 is 17.7 Å². The van der Waals surface area contributed by atoms with Crippen LogP contribution in [0.1, 0.15) is 47.8 Å². The Labute approximate surface area is 173 Å². The van der Waals surface area contributed by atoms with Crippen LogP contribution in [0.3, 0.4) is 0 Å². The highest BCUT2D eigenvalue weighted by atomic mass is 16.2. The molecule has 0 aromatic heterocycles. The number of imide groups is 1. The predicted octanol–water partition coefficient (Wildman–Crippen LogP) is 3.28. The lowest BCUT2D eigenvalue weighted by Crippen LogP contribution is -2.29. The first-order valence-corrected chi connectivity index (χ1v) is 9.38. The van der Waals surface area contributed by atoms with E-state index in [1.165, 1.54) is 4.90 Å². The Bertz CT molecular complexity index is 1180. The minimum absolute atomic E-state index is 0.0949. The normalized spacial score (nSPS) is 12.4. The number of nitriles is 1. The van der Waals surface area contributed by atoms with Crippen LogP contribution in [0, 0.1) is 11.3 Å². The van der Waals surface area contributed by atoms with E-state index in [9.17, 15) is 14.4 Å². The molecule has 146 valence electrons. The Morgan fingerprint density at radius 1 is 0.867 bits per heavy atom. The lowest BCUT2D eigenvalue weighted by Gasteiger charge is -2.14. The molecule has 1 heterocycles. The molecule has 3 aromatic carbocycles. The lowest BCUT2D eigenvalue weighted by atomic mass is 10.1. The Hall–Kier alpha value is -4.24. The van der Waals surface area contributed by atoms with E-state index in [1.54, 1.807) is 66.7 Å². The Balaban J connectivity index is 1.45. The first-order valence-electron chi connectivity index (χ1n) is 9.38. The van der Waals surface area contributed by atoms with Crippen LogP contribution >= 0.6 is 0 Å². The summed E-state index contributed by atoms with van der Waals surface area (Å²) in [4.78, 5) is 38.8. The summed E-state index contributed by atoms with van der Waals surface area (Å²) in [5.74, 6) is -0.938. The van der Waals surface area contributed by atoms with Gasteiger partial charge in [0.1, 0.15) is 0 Å². The van der Waals surface area contributed by atoms with Gasteiger partial charge in [0, 0.05) is 12.1 Å². The summed E-state index contributed by atoms with van der Waals surface area (Å²) in [7, 11) is 0. The third kappa shape index (κ3) is 3.69. The number of amides is 3. The largest absolute Gasteiger partial charge is 0.348 e. The van der Waals surface area contributed by atoms with Crippen molar-refractivity contribution in [3.8, 4) is 6.07 Å². The van der Waals surface area contributed by atoms with E-state index in [1.807, 2.05) is 6.07 Å². The Kier molecular flexibility index (Phi) is 5.10. The second kappa shape index (κ2) is 8.02. The van der Waals surface area contributed by atoms with E-state index in [-0.39, 0.29) is 30.8 Å². The summed E-state index contributed by atoms with van der Waals surface area (Å²) in [6.07, 6.45) is 0. The molecule has 30 heavy (non-hydrogen) atoms. The molecule has 0 radical (unpaired) electrons. The maximum atomic E-state index is 12.5. The summed E-state index contributed by atoms with van der Waals surface area (Å²) < 4.78 is 0. The van der Waals surface area contributed by atoms with Crippen molar-refractivity contribution in [3.05, 3.63) is 106 Å². The fraction of sp³-hybridized carbons (Fsp3) is 0.0833. The second-order valence-electron chi connectivity index (χ2n) is 6.94. The number of rotatable bonds is 5. The van der Waals surface area contributed by atoms with Gasteiger partial charge in [0.05, 0.1) is 29.3 Å². The van der Waals surface area contributed by atoms with Gasteiger partial charge in [0.2, 0.25) is 0 Å². The van der Waals surface area contributed by atoms with Gasteiger partial charge in [-0.1, -0.05) is 36.4 Å². The van der Waals surface area contributed by atoms with Gasteiger partial charge >= 0.3 is 0 Å². The molecular formula is C24H17N3O3. The molecule has 1 aliphatic heterocycles. The van der Waals surface area contributed by atoms with Gasteiger partial charge in [-0.15, -0.1) is 0 Å². The second-order valence-corrected chi connectivity index (χ2v) is 6.94. The van der Waals surface area contributed by atoms with Gasteiger partial charge in [-0.25, -0.2) is 0 Å². The van der Waals surface area contributed by atoms with Crippen molar-refractivity contribution in [1.82, 2.24) is 10.2 Å². The summed E-state index contributed by atoms with van der Waals surface area (Å²) in [5.41, 5.74) is 3.27. The zero-order chi connectivity index (χ0) is 21.1. The summed E-state index contributed by atoms with van der Waals surface area (Å²) in [5, 5.41) is 11.8. The smallest absolute Gasteiger partial charge is 0.261 e. The van der Waals surface area contributed by atoms with Crippen LogP contribution in [-0.4, -0.2) is 22.6 Å². The average molecular weight is 395 g/mol. The number of benzene rings is 3. The van der Waals surface area contributed by atoms with Crippen LogP contribution in [0.2, 0.25) is 0 Å². The third-order valence-electron chi connectivity index (χ3n) is 4.92. The Morgan fingerprint density at radius 2 is 1.53 bits per heavy atom. The Morgan fingerprint density at radius 3 is 2.23 bits per heavy atom. The van der Waals surface area contributed by atoms with Crippen molar-refractivity contribution in [3.63, 3.8) is 0 Å². The monoisotopic (exact) mass is 395 g/mol. The fourth-order valence-corrected chi connectivity index (χ4v) is 3.41.